The molecular formula is C20H18N4O4. The average Bonchev–Trinajstić information content (AvgIpc) is 3.21. The van der Waals surface area contributed by atoms with Crippen molar-refractivity contribution in [3.05, 3.63) is 63.5 Å². The molecule has 2 aromatic heterocycles. The smallest absolute Gasteiger partial charge is 0.328 e. The van der Waals surface area contributed by atoms with E-state index in [1.807, 2.05) is 35.8 Å². The molecule has 0 fully saturated rings. The Morgan fingerprint density at radius 2 is 2.04 bits per heavy atom. The standard InChI is InChI=1S/C20H18N4O4/c1-11-4-6-12(7-5-11)21-20(28)18-17-16(13-3-2-10-24(13)18)19(27)23-14(22-17)8-9-15(25)26/h4-9H,2-3,10H2,1H3,(H,21,28)(H,25,26)(H,22,23,27)/b9-8+. The fourth-order valence-electron chi connectivity index (χ4n) is 3.53. The van der Waals surface area contributed by atoms with Gasteiger partial charge in [-0.3, -0.25) is 9.59 Å². The molecule has 0 saturated carbocycles. The van der Waals surface area contributed by atoms with E-state index < -0.39 is 5.97 Å². The molecule has 0 bridgehead atoms. The van der Waals surface area contributed by atoms with Crippen molar-refractivity contribution in [1.82, 2.24) is 14.5 Å². The number of aryl methyl sites for hydroxylation is 2. The van der Waals surface area contributed by atoms with Gasteiger partial charge in [0.2, 0.25) is 0 Å². The van der Waals surface area contributed by atoms with Crippen LogP contribution in [0, 0.1) is 6.92 Å². The predicted molar refractivity (Wildman–Crippen MR) is 104 cm³/mol. The molecule has 3 aromatic rings. The molecule has 1 aromatic carbocycles. The minimum Gasteiger partial charge on any atom is -0.478 e. The van der Waals surface area contributed by atoms with Crippen LogP contribution in [-0.2, 0) is 17.8 Å². The summed E-state index contributed by atoms with van der Waals surface area (Å²) >= 11 is 0. The van der Waals surface area contributed by atoms with Crippen LogP contribution in [0.2, 0.25) is 0 Å². The van der Waals surface area contributed by atoms with Crippen LogP contribution in [0.4, 0.5) is 5.69 Å². The highest BCUT2D eigenvalue weighted by molar-refractivity contribution is 6.12. The number of carboxylic acid groups (broad SMARTS) is 1. The number of aromatic nitrogens is 3. The molecule has 142 valence electrons. The number of H-pyrrole nitrogens is 1. The molecule has 0 unspecified atom stereocenters. The number of amides is 1. The van der Waals surface area contributed by atoms with Gasteiger partial charge >= 0.3 is 5.97 Å². The number of hydrogen-bond donors (Lipinski definition) is 3. The summed E-state index contributed by atoms with van der Waals surface area (Å²) in [7, 11) is 0. The quantitative estimate of drug-likeness (QED) is 0.603. The van der Waals surface area contributed by atoms with Crippen LogP contribution in [0.15, 0.2) is 35.1 Å². The van der Waals surface area contributed by atoms with E-state index in [0.29, 0.717) is 29.7 Å². The van der Waals surface area contributed by atoms with Gasteiger partial charge in [0, 0.05) is 24.0 Å². The molecule has 8 nitrogen and oxygen atoms in total. The van der Waals surface area contributed by atoms with Crippen molar-refractivity contribution in [2.45, 2.75) is 26.3 Å². The molecule has 0 spiro atoms. The number of rotatable bonds is 4. The summed E-state index contributed by atoms with van der Waals surface area (Å²) in [4.78, 5) is 43.3. The third kappa shape index (κ3) is 3.09. The lowest BCUT2D eigenvalue weighted by Gasteiger charge is -2.08. The first-order chi connectivity index (χ1) is 13.4. The number of carbonyl (C=O) groups is 2. The molecule has 4 rings (SSSR count). The van der Waals surface area contributed by atoms with Gasteiger partial charge in [-0.25, -0.2) is 9.78 Å². The molecule has 0 aliphatic carbocycles. The van der Waals surface area contributed by atoms with Gasteiger partial charge in [-0.15, -0.1) is 0 Å². The summed E-state index contributed by atoms with van der Waals surface area (Å²) < 4.78 is 1.83. The maximum absolute atomic E-state index is 13.0. The Hall–Kier alpha value is -3.68. The monoisotopic (exact) mass is 378 g/mol. The van der Waals surface area contributed by atoms with Crippen molar-refractivity contribution in [3.63, 3.8) is 0 Å². The SMILES string of the molecule is Cc1ccc(NC(=O)c2c3nc(/C=C/C(=O)O)[nH]c(=O)c3c3n2CCC3)cc1. The lowest BCUT2D eigenvalue weighted by atomic mass is 10.2. The molecule has 0 saturated heterocycles. The number of carboxylic acids is 1. The van der Waals surface area contributed by atoms with Gasteiger partial charge in [0.05, 0.1) is 5.39 Å². The second-order valence-corrected chi connectivity index (χ2v) is 6.72. The molecule has 3 heterocycles. The molecule has 8 heteroatoms. The molecule has 1 aliphatic rings. The minimum absolute atomic E-state index is 0.0913. The zero-order valence-corrected chi connectivity index (χ0v) is 15.2. The summed E-state index contributed by atoms with van der Waals surface area (Å²) in [6, 6.07) is 7.41. The van der Waals surface area contributed by atoms with Gasteiger partial charge in [-0.05, 0) is 38.0 Å². The fraction of sp³-hybridized carbons (Fsp3) is 0.200. The zero-order valence-electron chi connectivity index (χ0n) is 15.2. The maximum Gasteiger partial charge on any atom is 0.328 e. The van der Waals surface area contributed by atoms with Crippen molar-refractivity contribution >= 4 is 34.5 Å². The van der Waals surface area contributed by atoms with E-state index in [0.717, 1.165) is 23.8 Å². The molecule has 1 aliphatic heterocycles. The molecule has 0 atom stereocenters. The average molecular weight is 378 g/mol. The van der Waals surface area contributed by atoms with Gasteiger partial charge in [-0.1, -0.05) is 17.7 Å². The predicted octanol–water partition coefficient (Wildman–Crippen LogP) is 2.33. The number of hydrogen-bond acceptors (Lipinski definition) is 4. The van der Waals surface area contributed by atoms with Crippen molar-refractivity contribution < 1.29 is 14.7 Å². The number of aliphatic carboxylic acids is 1. The van der Waals surface area contributed by atoms with E-state index in [4.69, 9.17) is 5.11 Å². The number of benzene rings is 1. The summed E-state index contributed by atoms with van der Waals surface area (Å²) in [5, 5.41) is 12.1. The Balaban J connectivity index is 1.84. The first-order valence-electron chi connectivity index (χ1n) is 8.88. The van der Waals surface area contributed by atoms with E-state index in [2.05, 4.69) is 15.3 Å². The highest BCUT2D eigenvalue weighted by Crippen LogP contribution is 2.29. The van der Waals surface area contributed by atoms with Crippen LogP contribution in [0.5, 0.6) is 0 Å². The number of anilines is 1. The summed E-state index contributed by atoms with van der Waals surface area (Å²) in [6.07, 6.45) is 3.62. The summed E-state index contributed by atoms with van der Waals surface area (Å²) in [5.74, 6) is -1.42. The van der Waals surface area contributed by atoms with Crippen molar-refractivity contribution in [1.29, 1.82) is 0 Å². The lowest BCUT2D eigenvalue weighted by molar-refractivity contribution is -0.131. The largest absolute Gasteiger partial charge is 0.478 e. The first-order valence-corrected chi connectivity index (χ1v) is 8.88. The van der Waals surface area contributed by atoms with Gasteiger partial charge in [0.15, 0.2) is 0 Å². The molecule has 0 radical (unpaired) electrons. The number of nitrogens with one attached hydrogen (secondary N) is 2. The van der Waals surface area contributed by atoms with E-state index in [9.17, 15) is 14.4 Å². The molecule has 28 heavy (non-hydrogen) atoms. The molecule has 3 N–H and O–H groups in total. The highest BCUT2D eigenvalue weighted by atomic mass is 16.4. The van der Waals surface area contributed by atoms with Crippen LogP contribution in [0.1, 0.15) is 34.0 Å². The first kappa shape index (κ1) is 17.7. The van der Waals surface area contributed by atoms with E-state index in [-0.39, 0.29) is 22.8 Å². The Morgan fingerprint density at radius 3 is 2.75 bits per heavy atom. The topological polar surface area (TPSA) is 117 Å². The number of carbonyl (C=O) groups excluding carboxylic acids is 1. The van der Waals surface area contributed by atoms with E-state index in [1.54, 1.807) is 0 Å². The minimum atomic E-state index is -1.15. The van der Waals surface area contributed by atoms with Crippen LogP contribution in [-0.4, -0.2) is 31.5 Å². The normalized spacial score (nSPS) is 13.2. The summed E-state index contributed by atoms with van der Waals surface area (Å²) in [5.41, 5.74) is 2.73. The number of aromatic amines is 1. The number of fused-ring (bicyclic) bond motifs is 3. The maximum atomic E-state index is 13.0. The van der Waals surface area contributed by atoms with Crippen LogP contribution in [0.3, 0.4) is 0 Å². The number of nitrogens with zero attached hydrogens (tertiary/aromatic N) is 2. The summed E-state index contributed by atoms with van der Waals surface area (Å²) in [6.45, 7) is 2.59. The lowest BCUT2D eigenvalue weighted by Crippen LogP contribution is -2.17. The zero-order chi connectivity index (χ0) is 19.8. The second kappa shape index (κ2) is 6.80. The van der Waals surface area contributed by atoms with E-state index >= 15 is 0 Å². The third-order valence-electron chi connectivity index (χ3n) is 4.75. The Bertz CT molecular complexity index is 1190. The van der Waals surface area contributed by atoms with Crippen LogP contribution >= 0.6 is 0 Å². The third-order valence-corrected chi connectivity index (χ3v) is 4.75. The van der Waals surface area contributed by atoms with Gasteiger partial charge < -0.3 is 20.0 Å². The van der Waals surface area contributed by atoms with Gasteiger partial charge in [0.25, 0.3) is 11.5 Å². The fourth-order valence-corrected chi connectivity index (χ4v) is 3.53. The van der Waals surface area contributed by atoms with Crippen LogP contribution in [0.25, 0.3) is 17.0 Å². The second-order valence-electron chi connectivity index (χ2n) is 6.72. The van der Waals surface area contributed by atoms with Crippen molar-refractivity contribution in [2.75, 3.05) is 5.32 Å². The Morgan fingerprint density at radius 1 is 1.29 bits per heavy atom. The van der Waals surface area contributed by atoms with Gasteiger partial charge in [0.1, 0.15) is 17.0 Å². The Labute approximate surface area is 159 Å². The van der Waals surface area contributed by atoms with Gasteiger partial charge in [-0.2, -0.15) is 0 Å². The Kier molecular flexibility index (Phi) is 4.31. The van der Waals surface area contributed by atoms with Crippen LogP contribution < -0.4 is 10.9 Å². The molecular weight excluding hydrogens is 360 g/mol. The van der Waals surface area contributed by atoms with E-state index in [1.165, 1.54) is 6.08 Å². The van der Waals surface area contributed by atoms with Crippen molar-refractivity contribution in [3.8, 4) is 0 Å². The highest BCUT2D eigenvalue weighted by Gasteiger charge is 2.28. The van der Waals surface area contributed by atoms with Crippen molar-refractivity contribution in [2.24, 2.45) is 0 Å². The molecule has 1 amide bonds.